The Morgan fingerprint density at radius 3 is 2.44 bits per heavy atom. The molecule has 18 heavy (non-hydrogen) atoms. The lowest BCUT2D eigenvalue weighted by Crippen LogP contribution is -2.18. The molecule has 100 valence electrons. The van der Waals surface area contributed by atoms with E-state index in [9.17, 15) is 8.42 Å². The van der Waals surface area contributed by atoms with Gasteiger partial charge in [0, 0.05) is 0 Å². The summed E-state index contributed by atoms with van der Waals surface area (Å²) in [7, 11) is -3.58. The molecule has 1 aliphatic heterocycles. The standard InChI is InChI=1S/C13H18O3S2/c1-11-2-4-13(5-3-11)18(14,15)16-10-12-6-8-17-9-7-12/h2-5,12H,6-10H2,1H3. The first-order valence-electron chi connectivity index (χ1n) is 6.12. The third kappa shape index (κ3) is 3.73. The molecule has 1 saturated heterocycles. The van der Waals surface area contributed by atoms with Gasteiger partial charge in [0.1, 0.15) is 0 Å². The highest BCUT2D eigenvalue weighted by Gasteiger charge is 2.20. The Bertz CT molecular complexity index is 473. The molecule has 0 aromatic heterocycles. The van der Waals surface area contributed by atoms with Crippen LogP contribution in [0, 0.1) is 12.8 Å². The topological polar surface area (TPSA) is 43.4 Å². The average molecular weight is 286 g/mol. The van der Waals surface area contributed by atoms with Crippen molar-refractivity contribution in [1.29, 1.82) is 0 Å². The zero-order valence-corrected chi connectivity index (χ0v) is 12.1. The molecule has 1 aliphatic rings. The maximum absolute atomic E-state index is 12.0. The number of benzene rings is 1. The number of hydrogen-bond donors (Lipinski definition) is 0. The van der Waals surface area contributed by atoms with Crippen molar-refractivity contribution in [3.63, 3.8) is 0 Å². The second-order valence-electron chi connectivity index (χ2n) is 4.61. The molecule has 0 N–H and O–H groups in total. The Kier molecular flexibility index (Phi) is 4.70. The molecule has 0 atom stereocenters. The van der Waals surface area contributed by atoms with Gasteiger partial charge in [0.05, 0.1) is 11.5 Å². The first kappa shape index (κ1) is 13.9. The van der Waals surface area contributed by atoms with Crippen LogP contribution in [0.3, 0.4) is 0 Å². The van der Waals surface area contributed by atoms with Crippen LogP contribution in [0.25, 0.3) is 0 Å². The number of aryl methyl sites for hydroxylation is 1. The lowest BCUT2D eigenvalue weighted by molar-refractivity contribution is 0.245. The van der Waals surface area contributed by atoms with Gasteiger partial charge in [-0.05, 0) is 49.3 Å². The maximum Gasteiger partial charge on any atom is 0.296 e. The molecular weight excluding hydrogens is 268 g/mol. The molecule has 2 rings (SSSR count). The predicted molar refractivity (Wildman–Crippen MR) is 74.4 cm³/mol. The van der Waals surface area contributed by atoms with Crippen LogP contribution in [0.5, 0.6) is 0 Å². The minimum Gasteiger partial charge on any atom is -0.266 e. The van der Waals surface area contributed by atoms with Crippen molar-refractivity contribution < 1.29 is 12.6 Å². The summed E-state index contributed by atoms with van der Waals surface area (Å²) < 4.78 is 29.1. The molecule has 0 amide bonds. The number of rotatable bonds is 4. The van der Waals surface area contributed by atoms with Crippen LogP contribution in [-0.4, -0.2) is 26.5 Å². The van der Waals surface area contributed by atoms with E-state index in [1.807, 2.05) is 18.7 Å². The summed E-state index contributed by atoms with van der Waals surface area (Å²) in [5.41, 5.74) is 1.04. The molecule has 1 fully saturated rings. The Morgan fingerprint density at radius 1 is 1.22 bits per heavy atom. The molecule has 3 nitrogen and oxygen atoms in total. The minimum absolute atomic E-state index is 0.248. The smallest absolute Gasteiger partial charge is 0.266 e. The summed E-state index contributed by atoms with van der Waals surface area (Å²) in [6.45, 7) is 2.24. The normalized spacial score (nSPS) is 17.8. The van der Waals surface area contributed by atoms with Gasteiger partial charge >= 0.3 is 0 Å². The fourth-order valence-corrected chi connectivity index (χ4v) is 4.05. The van der Waals surface area contributed by atoms with E-state index in [2.05, 4.69) is 0 Å². The molecule has 1 heterocycles. The van der Waals surface area contributed by atoms with Gasteiger partial charge in [-0.25, -0.2) is 0 Å². The van der Waals surface area contributed by atoms with Gasteiger partial charge in [-0.15, -0.1) is 0 Å². The fraction of sp³-hybridized carbons (Fsp3) is 0.538. The van der Waals surface area contributed by atoms with Crippen LogP contribution in [0.1, 0.15) is 18.4 Å². The molecule has 5 heteroatoms. The highest BCUT2D eigenvalue weighted by atomic mass is 32.2. The van der Waals surface area contributed by atoms with Gasteiger partial charge in [-0.1, -0.05) is 17.7 Å². The van der Waals surface area contributed by atoms with E-state index >= 15 is 0 Å². The minimum atomic E-state index is -3.58. The van der Waals surface area contributed by atoms with E-state index in [4.69, 9.17) is 4.18 Å². The monoisotopic (exact) mass is 286 g/mol. The molecule has 0 aliphatic carbocycles. The Labute approximate surface area is 113 Å². The molecule has 0 saturated carbocycles. The van der Waals surface area contributed by atoms with Crippen molar-refractivity contribution in [2.24, 2.45) is 5.92 Å². The van der Waals surface area contributed by atoms with Crippen molar-refractivity contribution >= 4 is 21.9 Å². The van der Waals surface area contributed by atoms with Crippen molar-refractivity contribution in [2.45, 2.75) is 24.7 Å². The van der Waals surface area contributed by atoms with Crippen molar-refractivity contribution in [3.05, 3.63) is 29.8 Å². The molecular formula is C13H18O3S2. The summed E-state index contributed by atoms with van der Waals surface area (Å²) in [6.07, 6.45) is 2.10. The summed E-state index contributed by atoms with van der Waals surface area (Å²) in [5.74, 6) is 2.60. The molecule has 0 unspecified atom stereocenters. The van der Waals surface area contributed by atoms with Gasteiger partial charge in [0.2, 0.25) is 0 Å². The van der Waals surface area contributed by atoms with Gasteiger partial charge in [-0.3, -0.25) is 4.18 Å². The highest BCUT2D eigenvalue weighted by molar-refractivity contribution is 7.99. The quantitative estimate of drug-likeness (QED) is 0.798. The Morgan fingerprint density at radius 2 is 1.83 bits per heavy atom. The van der Waals surface area contributed by atoms with E-state index in [-0.39, 0.29) is 4.90 Å². The van der Waals surface area contributed by atoms with Crippen LogP contribution in [0.2, 0.25) is 0 Å². The SMILES string of the molecule is Cc1ccc(S(=O)(=O)OCC2CCSCC2)cc1. The van der Waals surface area contributed by atoms with Crippen LogP contribution >= 0.6 is 11.8 Å². The van der Waals surface area contributed by atoms with Crippen molar-refractivity contribution in [2.75, 3.05) is 18.1 Å². The summed E-state index contributed by atoms with van der Waals surface area (Å²) in [4.78, 5) is 0.248. The number of thioether (sulfide) groups is 1. The molecule has 1 aromatic rings. The third-order valence-electron chi connectivity index (χ3n) is 3.11. The van der Waals surface area contributed by atoms with E-state index in [0.717, 1.165) is 29.9 Å². The molecule has 0 bridgehead atoms. The first-order valence-corrected chi connectivity index (χ1v) is 8.68. The van der Waals surface area contributed by atoms with E-state index in [1.54, 1.807) is 24.3 Å². The van der Waals surface area contributed by atoms with Crippen molar-refractivity contribution in [1.82, 2.24) is 0 Å². The second kappa shape index (κ2) is 6.08. The lowest BCUT2D eigenvalue weighted by Gasteiger charge is -2.20. The zero-order chi connectivity index (χ0) is 13.0. The van der Waals surface area contributed by atoms with Crippen molar-refractivity contribution in [3.8, 4) is 0 Å². The third-order valence-corrected chi connectivity index (χ3v) is 5.45. The largest absolute Gasteiger partial charge is 0.296 e. The summed E-state index contributed by atoms with van der Waals surface area (Å²) >= 11 is 1.92. The summed E-state index contributed by atoms with van der Waals surface area (Å²) in [5, 5.41) is 0. The average Bonchev–Trinajstić information content (AvgIpc) is 2.38. The van der Waals surface area contributed by atoms with Crippen LogP contribution in [-0.2, 0) is 14.3 Å². The van der Waals surface area contributed by atoms with Crippen LogP contribution in [0.4, 0.5) is 0 Å². The van der Waals surface area contributed by atoms with E-state index in [0.29, 0.717) is 12.5 Å². The Balaban J connectivity index is 1.96. The Hall–Kier alpha value is -0.520. The summed E-state index contributed by atoms with van der Waals surface area (Å²) in [6, 6.07) is 6.77. The first-order chi connectivity index (χ1) is 8.58. The molecule has 0 spiro atoms. The van der Waals surface area contributed by atoms with E-state index < -0.39 is 10.1 Å². The van der Waals surface area contributed by atoms with Gasteiger partial charge < -0.3 is 0 Å². The number of hydrogen-bond acceptors (Lipinski definition) is 4. The van der Waals surface area contributed by atoms with Gasteiger partial charge in [0.15, 0.2) is 0 Å². The lowest BCUT2D eigenvalue weighted by atomic mass is 10.1. The molecule has 0 radical (unpaired) electrons. The highest BCUT2D eigenvalue weighted by Crippen LogP contribution is 2.24. The second-order valence-corrected chi connectivity index (χ2v) is 7.45. The predicted octanol–water partition coefficient (Wildman–Crippen LogP) is 2.84. The zero-order valence-electron chi connectivity index (χ0n) is 10.5. The van der Waals surface area contributed by atoms with Gasteiger partial charge in [0.25, 0.3) is 10.1 Å². The van der Waals surface area contributed by atoms with Crippen LogP contribution < -0.4 is 0 Å². The van der Waals surface area contributed by atoms with E-state index in [1.165, 1.54) is 0 Å². The molecule has 1 aromatic carbocycles. The van der Waals surface area contributed by atoms with Crippen LogP contribution in [0.15, 0.2) is 29.2 Å². The van der Waals surface area contributed by atoms with Gasteiger partial charge in [-0.2, -0.15) is 20.2 Å². The fourth-order valence-electron chi connectivity index (χ4n) is 1.87. The maximum atomic E-state index is 12.0.